The molecule has 0 N–H and O–H groups in total. The van der Waals surface area contributed by atoms with Crippen LogP contribution in [0.3, 0.4) is 0 Å². The van der Waals surface area contributed by atoms with E-state index in [4.69, 9.17) is 8.37 Å². The number of halogens is 3. The molecule has 228 valence electrons. The Morgan fingerprint density at radius 1 is 0.600 bits per heavy atom. The molecule has 0 fully saturated rings. The number of hydrogen-bond donors (Lipinski definition) is 0. The molecule has 5 nitrogen and oxygen atoms in total. The van der Waals surface area contributed by atoms with Gasteiger partial charge in [-0.15, -0.1) is 0 Å². The van der Waals surface area contributed by atoms with E-state index in [9.17, 15) is 26.4 Å². The van der Waals surface area contributed by atoms with Crippen molar-refractivity contribution >= 4 is 47.9 Å². The fourth-order valence-corrected chi connectivity index (χ4v) is 9.97. The van der Waals surface area contributed by atoms with Crippen molar-refractivity contribution in [3.05, 3.63) is 145 Å². The molecule has 0 saturated carbocycles. The van der Waals surface area contributed by atoms with Crippen LogP contribution in [0.1, 0.15) is 5.56 Å². The Hall–Kier alpha value is -4.64. The number of benzene rings is 6. The summed E-state index contributed by atoms with van der Waals surface area (Å²) in [5, 5.41) is 3.99. The van der Waals surface area contributed by atoms with Gasteiger partial charge in [-0.3, -0.25) is 4.79 Å². The highest BCUT2D eigenvalue weighted by Gasteiger charge is 2.52. The largest absolute Gasteiger partial charge is 0.524 e. The van der Waals surface area contributed by atoms with Gasteiger partial charge in [-0.1, -0.05) is 84.9 Å². The molecule has 6 aromatic rings. The van der Waals surface area contributed by atoms with E-state index in [-0.39, 0.29) is 26.9 Å². The van der Waals surface area contributed by atoms with Crippen LogP contribution in [-0.2, 0) is 25.0 Å². The standard InChI is InChI=1S/C35H25F3O5S2/c36-35(37,38)45(40,41)43-44(28-12-3-1-4-13-28,29-14-5-2-6-15-29)30-21-19-27(20-22-30)42-34(39)24-26-23-25-11-7-8-16-31(25)33-18-10-9-17-32(26)33/h1-23H,24H2. The molecule has 0 bridgehead atoms. The highest BCUT2D eigenvalue weighted by Crippen LogP contribution is 2.70. The minimum atomic E-state index is -6.05. The zero-order chi connectivity index (χ0) is 31.7. The smallest absolute Gasteiger partial charge is 0.426 e. The van der Waals surface area contributed by atoms with Crippen molar-refractivity contribution in [1.82, 2.24) is 0 Å². The van der Waals surface area contributed by atoms with Crippen molar-refractivity contribution in [2.24, 2.45) is 0 Å². The predicted molar refractivity (Wildman–Crippen MR) is 169 cm³/mol. The molecule has 0 unspecified atom stereocenters. The summed E-state index contributed by atoms with van der Waals surface area (Å²) in [6.07, 6.45) is -0.0245. The molecule has 0 aliphatic rings. The topological polar surface area (TPSA) is 69.7 Å². The number of carbonyl (C=O) groups excluding carboxylic acids is 1. The predicted octanol–water partition coefficient (Wildman–Crippen LogP) is 9.20. The molecule has 0 radical (unpaired) electrons. The van der Waals surface area contributed by atoms with E-state index in [2.05, 4.69) is 0 Å². The summed E-state index contributed by atoms with van der Waals surface area (Å²) in [5.74, 6) is -0.397. The third-order valence-corrected chi connectivity index (χ3v) is 12.1. The zero-order valence-electron chi connectivity index (χ0n) is 23.5. The summed E-state index contributed by atoms with van der Waals surface area (Å²) in [4.78, 5) is 13.8. The monoisotopic (exact) mass is 646 g/mol. The Morgan fingerprint density at radius 3 is 1.67 bits per heavy atom. The first-order chi connectivity index (χ1) is 21.6. The SMILES string of the molecule is O=C(Cc1cc2ccccc2c2ccccc12)Oc1ccc(S(OS(=O)(=O)C(F)(F)F)(c2ccccc2)c2ccccc2)cc1. The summed E-state index contributed by atoms with van der Waals surface area (Å²) in [6, 6.07) is 39.1. The lowest BCUT2D eigenvalue weighted by molar-refractivity contribution is -0.133. The third kappa shape index (κ3) is 5.92. The maximum atomic E-state index is 13.7. The molecule has 0 aromatic heterocycles. The molecular formula is C35H25F3O5S2. The van der Waals surface area contributed by atoms with Gasteiger partial charge in [0.25, 0.3) is 0 Å². The summed E-state index contributed by atoms with van der Waals surface area (Å²) < 4.78 is 77.2. The van der Waals surface area contributed by atoms with E-state index in [0.29, 0.717) is 0 Å². The number of carbonyl (C=O) groups is 1. The van der Waals surface area contributed by atoms with Crippen molar-refractivity contribution in [3.8, 4) is 5.75 Å². The molecule has 0 aliphatic carbocycles. The van der Waals surface area contributed by atoms with E-state index < -0.39 is 31.9 Å². The Bertz CT molecular complexity index is 2060. The van der Waals surface area contributed by atoms with Crippen LogP contribution in [0.4, 0.5) is 13.2 Å². The molecule has 0 aliphatic heterocycles. The van der Waals surface area contributed by atoms with Crippen molar-refractivity contribution in [2.45, 2.75) is 26.6 Å². The molecule has 10 heteroatoms. The molecule has 0 atom stereocenters. The number of ether oxygens (including phenoxy) is 1. The molecular weight excluding hydrogens is 622 g/mol. The van der Waals surface area contributed by atoms with Crippen molar-refractivity contribution in [1.29, 1.82) is 0 Å². The van der Waals surface area contributed by atoms with Gasteiger partial charge in [0.2, 0.25) is 0 Å². The van der Waals surface area contributed by atoms with Gasteiger partial charge in [-0.25, -0.2) is 0 Å². The molecule has 6 aromatic carbocycles. The first-order valence-corrected chi connectivity index (χ1v) is 16.7. The van der Waals surface area contributed by atoms with Crippen LogP contribution in [-0.4, -0.2) is 19.9 Å². The molecule has 6 rings (SSSR count). The number of fused-ring (bicyclic) bond motifs is 3. The van der Waals surface area contributed by atoms with Crippen molar-refractivity contribution in [2.75, 3.05) is 0 Å². The van der Waals surface area contributed by atoms with Gasteiger partial charge < -0.3 is 4.74 Å². The van der Waals surface area contributed by atoms with Crippen LogP contribution < -0.4 is 4.74 Å². The fraction of sp³-hybridized carbons (Fsp3) is 0.0571. The van der Waals surface area contributed by atoms with E-state index in [0.717, 1.165) is 27.1 Å². The number of alkyl halides is 3. The molecule has 0 heterocycles. The minimum Gasteiger partial charge on any atom is -0.426 e. The van der Waals surface area contributed by atoms with Gasteiger partial charge in [-0.05, 0) is 92.0 Å². The summed E-state index contributed by atoms with van der Waals surface area (Å²) >= 11 is 0. The Kier molecular flexibility index (Phi) is 8.13. The van der Waals surface area contributed by atoms with E-state index in [1.807, 2.05) is 54.6 Å². The van der Waals surface area contributed by atoms with Crippen LogP contribution in [0, 0.1) is 0 Å². The van der Waals surface area contributed by atoms with Gasteiger partial charge in [0, 0.05) is 14.7 Å². The second kappa shape index (κ2) is 12.0. The van der Waals surface area contributed by atoms with Crippen LogP contribution in [0.5, 0.6) is 5.75 Å². The highest BCUT2D eigenvalue weighted by molar-refractivity contribution is 8.33. The number of rotatable bonds is 8. The third-order valence-electron chi connectivity index (χ3n) is 7.20. The average molecular weight is 647 g/mol. The van der Waals surface area contributed by atoms with Gasteiger partial charge in [0.05, 0.1) is 6.42 Å². The van der Waals surface area contributed by atoms with Crippen LogP contribution in [0.25, 0.3) is 21.5 Å². The second-order valence-electron chi connectivity index (χ2n) is 10.1. The normalized spacial score (nSPS) is 12.7. The van der Waals surface area contributed by atoms with E-state index >= 15 is 0 Å². The first-order valence-electron chi connectivity index (χ1n) is 13.7. The molecule has 0 saturated heterocycles. The summed E-state index contributed by atoms with van der Waals surface area (Å²) in [5.41, 5.74) is -4.87. The first kappa shape index (κ1) is 30.4. The lowest BCUT2D eigenvalue weighted by Gasteiger charge is -2.39. The van der Waals surface area contributed by atoms with Crippen LogP contribution in [0.15, 0.2) is 154 Å². The van der Waals surface area contributed by atoms with Crippen molar-refractivity contribution < 1.29 is 34.7 Å². The average Bonchev–Trinajstić information content (AvgIpc) is 3.04. The van der Waals surface area contributed by atoms with Crippen LogP contribution in [0.2, 0.25) is 0 Å². The lowest BCUT2D eigenvalue weighted by Crippen LogP contribution is -2.27. The maximum absolute atomic E-state index is 13.7. The second-order valence-corrected chi connectivity index (χ2v) is 14.5. The maximum Gasteiger partial charge on any atom is 0.524 e. The van der Waals surface area contributed by atoms with Crippen LogP contribution >= 0.6 is 10.3 Å². The number of hydrogen-bond acceptors (Lipinski definition) is 5. The van der Waals surface area contributed by atoms with E-state index in [1.54, 1.807) is 36.4 Å². The quantitative estimate of drug-likeness (QED) is 0.0714. The molecule has 0 spiro atoms. The minimum absolute atomic E-state index is 0.0245. The zero-order valence-corrected chi connectivity index (χ0v) is 25.1. The van der Waals surface area contributed by atoms with Gasteiger partial charge in [-0.2, -0.15) is 25.2 Å². The Morgan fingerprint density at radius 2 is 1.09 bits per heavy atom. The van der Waals surface area contributed by atoms with Gasteiger partial charge >= 0.3 is 21.6 Å². The Labute approximate surface area is 259 Å². The van der Waals surface area contributed by atoms with E-state index in [1.165, 1.54) is 48.5 Å². The summed E-state index contributed by atoms with van der Waals surface area (Å²) in [6.45, 7) is 0. The number of esters is 1. The highest BCUT2D eigenvalue weighted by atomic mass is 32.3. The van der Waals surface area contributed by atoms with Gasteiger partial charge in [0.1, 0.15) is 5.75 Å². The molecule has 45 heavy (non-hydrogen) atoms. The summed E-state index contributed by atoms with van der Waals surface area (Å²) in [7, 11) is -9.51. The molecule has 0 amide bonds. The van der Waals surface area contributed by atoms with Gasteiger partial charge in [0.15, 0.2) is 0 Å². The fourth-order valence-electron chi connectivity index (χ4n) is 5.22. The van der Waals surface area contributed by atoms with Crippen molar-refractivity contribution in [3.63, 3.8) is 0 Å². The lowest BCUT2D eigenvalue weighted by atomic mass is 9.96. The Balaban J connectivity index is 1.36.